The molecule has 0 N–H and O–H groups in total. The molecule has 16 heavy (non-hydrogen) atoms. The monoisotopic (exact) mass is 225 g/mol. The summed E-state index contributed by atoms with van der Waals surface area (Å²) in [7, 11) is 1.42. The molecule has 4 heteroatoms. The lowest BCUT2D eigenvalue weighted by atomic mass is 9.83. The summed E-state index contributed by atoms with van der Waals surface area (Å²) in [6, 6.07) is 0. The molecule has 1 aliphatic carbocycles. The first-order valence-electron chi connectivity index (χ1n) is 6.09. The van der Waals surface area contributed by atoms with Gasteiger partial charge in [-0.25, -0.2) is 0 Å². The SMILES string of the molecule is COC(=O)C1CCN(C(=O)C2CCC2)CC1. The molecule has 1 heterocycles. The van der Waals surface area contributed by atoms with Crippen molar-refractivity contribution in [3.63, 3.8) is 0 Å². The summed E-state index contributed by atoms with van der Waals surface area (Å²) >= 11 is 0. The average molecular weight is 225 g/mol. The van der Waals surface area contributed by atoms with Crippen LogP contribution in [0.2, 0.25) is 0 Å². The number of hydrogen-bond donors (Lipinski definition) is 0. The van der Waals surface area contributed by atoms with Crippen LogP contribution in [0.4, 0.5) is 0 Å². The van der Waals surface area contributed by atoms with Gasteiger partial charge in [0.2, 0.25) is 5.91 Å². The van der Waals surface area contributed by atoms with Crippen LogP contribution in [0.5, 0.6) is 0 Å². The molecule has 2 fully saturated rings. The lowest BCUT2D eigenvalue weighted by molar-refractivity contribution is -0.150. The molecule has 0 spiro atoms. The maximum Gasteiger partial charge on any atom is 0.308 e. The minimum Gasteiger partial charge on any atom is -0.469 e. The van der Waals surface area contributed by atoms with Gasteiger partial charge in [-0.2, -0.15) is 0 Å². The van der Waals surface area contributed by atoms with E-state index in [4.69, 9.17) is 4.74 Å². The highest BCUT2D eigenvalue weighted by Crippen LogP contribution is 2.30. The molecule has 2 rings (SSSR count). The van der Waals surface area contributed by atoms with Crippen molar-refractivity contribution in [3.8, 4) is 0 Å². The van der Waals surface area contributed by atoms with E-state index in [0.29, 0.717) is 5.91 Å². The van der Waals surface area contributed by atoms with Gasteiger partial charge in [-0.05, 0) is 25.7 Å². The lowest BCUT2D eigenvalue weighted by Crippen LogP contribution is -2.44. The summed E-state index contributed by atoms with van der Waals surface area (Å²) in [6.07, 6.45) is 4.80. The van der Waals surface area contributed by atoms with E-state index in [-0.39, 0.29) is 17.8 Å². The predicted octanol–water partition coefficient (Wildman–Crippen LogP) is 1.20. The van der Waals surface area contributed by atoms with Crippen LogP contribution in [0.1, 0.15) is 32.1 Å². The van der Waals surface area contributed by atoms with Gasteiger partial charge in [-0.1, -0.05) is 6.42 Å². The second-order valence-corrected chi connectivity index (χ2v) is 4.75. The number of amides is 1. The van der Waals surface area contributed by atoms with Gasteiger partial charge in [0.1, 0.15) is 0 Å². The van der Waals surface area contributed by atoms with Crippen LogP contribution in [0, 0.1) is 11.8 Å². The van der Waals surface area contributed by atoms with Crippen LogP contribution in [0.15, 0.2) is 0 Å². The zero-order valence-electron chi connectivity index (χ0n) is 9.78. The van der Waals surface area contributed by atoms with E-state index in [1.807, 2.05) is 4.90 Å². The molecule has 0 aromatic heterocycles. The van der Waals surface area contributed by atoms with Gasteiger partial charge in [0.05, 0.1) is 13.0 Å². The summed E-state index contributed by atoms with van der Waals surface area (Å²) in [5.41, 5.74) is 0. The molecule has 90 valence electrons. The van der Waals surface area contributed by atoms with Crippen molar-refractivity contribution in [2.24, 2.45) is 11.8 Å². The summed E-state index contributed by atoms with van der Waals surface area (Å²) in [5, 5.41) is 0. The van der Waals surface area contributed by atoms with E-state index in [0.717, 1.165) is 38.8 Å². The number of piperidine rings is 1. The topological polar surface area (TPSA) is 46.6 Å². The van der Waals surface area contributed by atoms with E-state index in [2.05, 4.69) is 0 Å². The molecule has 1 saturated heterocycles. The van der Waals surface area contributed by atoms with Crippen molar-refractivity contribution in [1.82, 2.24) is 4.90 Å². The van der Waals surface area contributed by atoms with E-state index < -0.39 is 0 Å². The summed E-state index contributed by atoms with van der Waals surface area (Å²) < 4.78 is 4.72. The molecule has 0 unspecified atom stereocenters. The van der Waals surface area contributed by atoms with Gasteiger partial charge in [0, 0.05) is 19.0 Å². The minimum atomic E-state index is -0.129. The number of hydrogen-bond acceptors (Lipinski definition) is 3. The largest absolute Gasteiger partial charge is 0.469 e. The minimum absolute atomic E-state index is 0.00422. The van der Waals surface area contributed by atoms with Crippen molar-refractivity contribution >= 4 is 11.9 Å². The third kappa shape index (κ3) is 2.20. The Morgan fingerprint density at radius 2 is 1.69 bits per heavy atom. The molecule has 1 saturated carbocycles. The Morgan fingerprint density at radius 1 is 1.06 bits per heavy atom. The van der Waals surface area contributed by atoms with Gasteiger partial charge >= 0.3 is 5.97 Å². The predicted molar refractivity (Wildman–Crippen MR) is 58.7 cm³/mol. The summed E-state index contributed by atoms with van der Waals surface area (Å²) in [6.45, 7) is 1.43. The number of ether oxygens (including phenoxy) is 1. The average Bonchev–Trinajstić information content (AvgIpc) is 2.26. The Kier molecular flexibility index (Phi) is 3.46. The van der Waals surface area contributed by atoms with Crippen molar-refractivity contribution in [1.29, 1.82) is 0 Å². The number of likely N-dealkylation sites (tertiary alicyclic amines) is 1. The molecule has 2 aliphatic rings. The maximum absolute atomic E-state index is 11.9. The number of esters is 1. The molecule has 0 aromatic carbocycles. The highest BCUT2D eigenvalue weighted by molar-refractivity contribution is 5.80. The van der Waals surface area contributed by atoms with Gasteiger partial charge in [-0.3, -0.25) is 9.59 Å². The highest BCUT2D eigenvalue weighted by atomic mass is 16.5. The van der Waals surface area contributed by atoms with Gasteiger partial charge in [-0.15, -0.1) is 0 Å². The van der Waals surface area contributed by atoms with E-state index >= 15 is 0 Å². The number of methoxy groups -OCH3 is 1. The molecule has 0 aromatic rings. The summed E-state index contributed by atoms with van der Waals surface area (Å²) in [5.74, 6) is 0.440. The van der Waals surface area contributed by atoms with Crippen LogP contribution in [-0.2, 0) is 14.3 Å². The fourth-order valence-electron chi connectivity index (χ4n) is 2.42. The van der Waals surface area contributed by atoms with Crippen molar-refractivity contribution in [3.05, 3.63) is 0 Å². The molecule has 4 nitrogen and oxygen atoms in total. The van der Waals surface area contributed by atoms with Crippen molar-refractivity contribution in [2.75, 3.05) is 20.2 Å². The van der Waals surface area contributed by atoms with E-state index in [1.54, 1.807) is 0 Å². The Hall–Kier alpha value is -1.06. The van der Waals surface area contributed by atoms with Gasteiger partial charge in [0.25, 0.3) is 0 Å². The van der Waals surface area contributed by atoms with Crippen LogP contribution >= 0.6 is 0 Å². The Labute approximate surface area is 95.9 Å². The quantitative estimate of drug-likeness (QED) is 0.663. The zero-order chi connectivity index (χ0) is 11.5. The van der Waals surface area contributed by atoms with E-state index in [1.165, 1.54) is 13.5 Å². The first kappa shape index (κ1) is 11.4. The van der Waals surface area contributed by atoms with E-state index in [9.17, 15) is 9.59 Å². The molecule has 1 aliphatic heterocycles. The Morgan fingerprint density at radius 3 is 2.12 bits per heavy atom. The maximum atomic E-state index is 11.9. The molecule has 0 radical (unpaired) electrons. The molecular formula is C12H19NO3. The number of carbonyl (C=O) groups is 2. The first-order valence-corrected chi connectivity index (χ1v) is 6.09. The summed E-state index contributed by atoms with van der Waals surface area (Å²) in [4.78, 5) is 25.2. The molecule has 0 atom stereocenters. The van der Waals surface area contributed by atoms with Gasteiger partial charge < -0.3 is 9.64 Å². The van der Waals surface area contributed by atoms with Crippen LogP contribution in [0.25, 0.3) is 0 Å². The molecule has 0 bridgehead atoms. The number of carbonyl (C=O) groups excluding carboxylic acids is 2. The molecular weight excluding hydrogens is 206 g/mol. The number of rotatable bonds is 2. The van der Waals surface area contributed by atoms with Crippen molar-refractivity contribution in [2.45, 2.75) is 32.1 Å². The fraction of sp³-hybridized carbons (Fsp3) is 0.833. The van der Waals surface area contributed by atoms with Crippen LogP contribution in [-0.4, -0.2) is 37.0 Å². The fourth-order valence-corrected chi connectivity index (χ4v) is 2.42. The lowest BCUT2D eigenvalue weighted by Gasteiger charge is -2.35. The van der Waals surface area contributed by atoms with Crippen LogP contribution in [0.3, 0.4) is 0 Å². The highest BCUT2D eigenvalue weighted by Gasteiger charge is 2.33. The van der Waals surface area contributed by atoms with Gasteiger partial charge in [0.15, 0.2) is 0 Å². The third-order valence-electron chi connectivity index (χ3n) is 3.80. The Balaban J connectivity index is 1.80. The smallest absolute Gasteiger partial charge is 0.308 e. The third-order valence-corrected chi connectivity index (χ3v) is 3.80. The molecule has 1 amide bonds. The standard InChI is InChI=1S/C12H19NO3/c1-16-12(15)10-5-7-13(8-6-10)11(14)9-3-2-4-9/h9-10H,2-8H2,1H3. The Bertz CT molecular complexity index is 278. The second-order valence-electron chi connectivity index (χ2n) is 4.75. The second kappa shape index (κ2) is 4.85. The van der Waals surface area contributed by atoms with Crippen LogP contribution < -0.4 is 0 Å². The van der Waals surface area contributed by atoms with Crippen molar-refractivity contribution < 1.29 is 14.3 Å². The zero-order valence-corrected chi connectivity index (χ0v) is 9.78. The first-order chi connectivity index (χ1) is 7.72. The number of nitrogens with zero attached hydrogens (tertiary/aromatic N) is 1. The normalized spacial score (nSPS) is 22.7.